The standard InChI is InChI=1S/C29H34N4O3/c1-4-7-11-24(33-26(34)17-29(5-2,6-3)32-28(33)31)19-13-14-22(23(16-19)27(30)35)21-15-20-10-8-9-12-25(20)36-18-21/h1,8-10,12-14,16,21,24H,5-7,11,15,17-18H2,2-3H3,(H2,30,35)(H2,31,32). The van der Waals surface area contributed by atoms with Crippen molar-refractivity contribution in [3.05, 3.63) is 64.7 Å². The minimum absolute atomic E-state index is 0.0152. The summed E-state index contributed by atoms with van der Waals surface area (Å²) in [6.07, 6.45) is 8.99. The molecule has 2 aliphatic rings. The van der Waals surface area contributed by atoms with Gasteiger partial charge in [-0.25, -0.2) is 4.99 Å². The van der Waals surface area contributed by atoms with Crippen molar-refractivity contribution in [2.75, 3.05) is 6.61 Å². The van der Waals surface area contributed by atoms with Gasteiger partial charge in [0.15, 0.2) is 5.96 Å². The van der Waals surface area contributed by atoms with Gasteiger partial charge in [-0.2, -0.15) is 0 Å². The van der Waals surface area contributed by atoms with E-state index in [1.54, 1.807) is 11.0 Å². The third-order valence-corrected chi connectivity index (χ3v) is 7.58. The molecule has 0 aliphatic carbocycles. The molecule has 0 saturated carbocycles. The second-order valence-corrected chi connectivity index (χ2v) is 9.63. The highest BCUT2D eigenvalue weighted by Crippen LogP contribution is 2.38. The predicted octanol–water partition coefficient (Wildman–Crippen LogP) is 4.06. The van der Waals surface area contributed by atoms with Crippen molar-refractivity contribution >= 4 is 17.8 Å². The number of fused-ring (bicyclic) bond motifs is 1. The number of terminal acetylenes is 1. The van der Waals surface area contributed by atoms with Crippen LogP contribution >= 0.6 is 0 Å². The number of amides is 2. The molecule has 0 aromatic heterocycles. The van der Waals surface area contributed by atoms with Gasteiger partial charge in [-0.15, -0.1) is 12.3 Å². The number of carbonyl (C=O) groups is 2. The molecular weight excluding hydrogens is 452 g/mol. The zero-order chi connectivity index (χ0) is 25.9. The van der Waals surface area contributed by atoms with Crippen molar-refractivity contribution < 1.29 is 14.3 Å². The van der Waals surface area contributed by atoms with Gasteiger partial charge in [-0.1, -0.05) is 44.2 Å². The van der Waals surface area contributed by atoms with Crippen molar-refractivity contribution in [1.29, 1.82) is 0 Å². The number of ether oxygens (including phenoxy) is 1. The van der Waals surface area contributed by atoms with Crippen molar-refractivity contribution in [1.82, 2.24) is 4.90 Å². The molecular formula is C29H34N4O3. The van der Waals surface area contributed by atoms with Gasteiger partial charge in [0.05, 0.1) is 24.6 Å². The van der Waals surface area contributed by atoms with E-state index in [0.717, 1.165) is 41.7 Å². The molecule has 0 radical (unpaired) electrons. The van der Waals surface area contributed by atoms with E-state index in [1.165, 1.54) is 0 Å². The number of rotatable bonds is 8. The van der Waals surface area contributed by atoms with Crippen LogP contribution in [-0.4, -0.2) is 34.8 Å². The number of nitrogens with two attached hydrogens (primary N) is 2. The third kappa shape index (κ3) is 4.81. The SMILES string of the molecule is C#CCCC(c1ccc(C2COc3ccccc3C2)c(C(N)=O)c1)N1C(=O)CC(CC)(CC)N=C1N. The van der Waals surface area contributed by atoms with Crippen LogP contribution in [0.4, 0.5) is 0 Å². The summed E-state index contributed by atoms with van der Waals surface area (Å²) in [7, 11) is 0. The van der Waals surface area contributed by atoms with Crippen LogP contribution in [0.3, 0.4) is 0 Å². The van der Waals surface area contributed by atoms with Crippen LogP contribution in [0.5, 0.6) is 5.75 Å². The summed E-state index contributed by atoms with van der Waals surface area (Å²) in [6, 6.07) is 13.1. The average Bonchev–Trinajstić information content (AvgIpc) is 2.89. The maximum Gasteiger partial charge on any atom is 0.249 e. The van der Waals surface area contributed by atoms with Gasteiger partial charge in [0.1, 0.15) is 5.75 Å². The first-order chi connectivity index (χ1) is 17.3. The molecule has 2 unspecified atom stereocenters. The van der Waals surface area contributed by atoms with Crippen LogP contribution in [0.15, 0.2) is 47.5 Å². The molecule has 0 bridgehead atoms. The van der Waals surface area contributed by atoms with E-state index in [0.29, 0.717) is 25.0 Å². The molecule has 7 nitrogen and oxygen atoms in total. The first-order valence-corrected chi connectivity index (χ1v) is 12.6. The molecule has 2 aromatic carbocycles. The lowest BCUT2D eigenvalue weighted by molar-refractivity contribution is -0.131. The number of hydrogen-bond donors (Lipinski definition) is 2. The maximum atomic E-state index is 13.4. The molecule has 0 spiro atoms. The summed E-state index contributed by atoms with van der Waals surface area (Å²) in [4.78, 5) is 32.2. The fourth-order valence-corrected chi connectivity index (χ4v) is 5.37. The Morgan fingerprint density at radius 3 is 2.69 bits per heavy atom. The van der Waals surface area contributed by atoms with Crippen molar-refractivity contribution in [3.8, 4) is 18.1 Å². The molecule has 2 heterocycles. The number of para-hydroxylation sites is 1. The lowest BCUT2D eigenvalue weighted by Crippen LogP contribution is -2.52. The van der Waals surface area contributed by atoms with E-state index < -0.39 is 17.5 Å². The predicted molar refractivity (Wildman–Crippen MR) is 141 cm³/mol. The summed E-state index contributed by atoms with van der Waals surface area (Å²) in [5.74, 6) is 3.09. The lowest BCUT2D eigenvalue weighted by Gasteiger charge is -2.40. The van der Waals surface area contributed by atoms with Crippen LogP contribution in [0.2, 0.25) is 0 Å². The van der Waals surface area contributed by atoms with Crippen LogP contribution in [0.25, 0.3) is 0 Å². The Labute approximate surface area is 212 Å². The monoisotopic (exact) mass is 486 g/mol. The highest BCUT2D eigenvalue weighted by atomic mass is 16.5. The summed E-state index contributed by atoms with van der Waals surface area (Å²) in [5.41, 5.74) is 14.9. The summed E-state index contributed by atoms with van der Waals surface area (Å²) < 4.78 is 5.96. The first-order valence-electron chi connectivity index (χ1n) is 12.6. The lowest BCUT2D eigenvalue weighted by atomic mass is 9.84. The smallest absolute Gasteiger partial charge is 0.249 e. The quantitative estimate of drug-likeness (QED) is 0.548. The van der Waals surface area contributed by atoms with Gasteiger partial charge in [0.2, 0.25) is 11.8 Å². The summed E-state index contributed by atoms with van der Waals surface area (Å²) in [5, 5.41) is 0. The van der Waals surface area contributed by atoms with Gasteiger partial charge in [0, 0.05) is 17.9 Å². The summed E-state index contributed by atoms with van der Waals surface area (Å²) in [6.45, 7) is 4.49. The van der Waals surface area contributed by atoms with E-state index in [-0.39, 0.29) is 24.2 Å². The second-order valence-electron chi connectivity index (χ2n) is 9.63. The van der Waals surface area contributed by atoms with Crippen LogP contribution in [0, 0.1) is 12.3 Å². The number of hydrogen-bond acceptors (Lipinski definition) is 5. The van der Waals surface area contributed by atoms with Crippen molar-refractivity contribution in [2.45, 2.75) is 69.9 Å². The fraction of sp³-hybridized carbons (Fsp3) is 0.414. The van der Waals surface area contributed by atoms with Crippen molar-refractivity contribution in [2.24, 2.45) is 16.5 Å². The number of benzene rings is 2. The Morgan fingerprint density at radius 2 is 2.03 bits per heavy atom. The molecule has 0 saturated heterocycles. The van der Waals surface area contributed by atoms with E-state index >= 15 is 0 Å². The fourth-order valence-electron chi connectivity index (χ4n) is 5.37. The van der Waals surface area contributed by atoms with Gasteiger partial charge in [-0.3, -0.25) is 14.5 Å². The first kappa shape index (κ1) is 25.3. The molecule has 2 atom stereocenters. The van der Waals surface area contributed by atoms with Crippen LogP contribution < -0.4 is 16.2 Å². The van der Waals surface area contributed by atoms with Gasteiger partial charge < -0.3 is 16.2 Å². The van der Waals surface area contributed by atoms with E-state index in [2.05, 4.69) is 5.92 Å². The molecule has 2 aromatic rings. The number of guanidine groups is 1. The highest BCUT2D eigenvalue weighted by Gasteiger charge is 2.40. The molecule has 188 valence electrons. The Kier molecular flexibility index (Phi) is 7.35. The molecule has 2 aliphatic heterocycles. The summed E-state index contributed by atoms with van der Waals surface area (Å²) >= 11 is 0. The van der Waals surface area contributed by atoms with E-state index in [1.807, 2.05) is 50.2 Å². The van der Waals surface area contributed by atoms with Crippen LogP contribution in [0.1, 0.15) is 85.0 Å². The highest BCUT2D eigenvalue weighted by molar-refractivity contribution is 6.00. The topological polar surface area (TPSA) is 111 Å². The molecule has 36 heavy (non-hydrogen) atoms. The molecule has 7 heteroatoms. The minimum atomic E-state index is -0.524. The maximum absolute atomic E-state index is 13.4. The second kappa shape index (κ2) is 10.4. The molecule has 0 fully saturated rings. The van der Waals surface area contributed by atoms with Gasteiger partial charge >= 0.3 is 0 Å². The number of aliphatic imine (C=N–C) groups is 1. The number of nitrogens with zero attached hydrogens (tertiary/aromatic N) is 2. The Hall–Kier alpha value is -3.79. The Balaban J connectivity index is 1.71. The number of primary amides is 1. The molecule has 2 amide bonds. The largest absolute Gasteiger partial charge is 0.493 e. The van der Waals surface area contributed by atoms with Crippen LogP contribution in [-0.2, 0) is 11.2 Å². The normalized spacial score (nSPS) is 19.5. The average molecular weight is 487 g/mol. The molecule has 4 rings (SSSR count). The zero-order valence-electron chi connectivity index (χ0n) is 21.0. The zero-order valence-corrected chi connectivity index (χ0v) is 21.0. The molecule has 4 N–H and O–H groups in total. The van der Waals surface area contributed by atoms with E-state index in [4.69, 9.17) is 27.6 Å². The van der Waals surface area contributed by atoms with E-state index in [9.17, 15) is 9.59 Å². The number of carbonyl (C=O) groups excluding carboxylic acids is 2. The third-order valence-electron chi connectivity index (χ3n) is 7.58. The Morgan fingerprint density at radius 1 is 1.28 bits per heavy atom. The minimum Gasteiger partial charge on any atom is -0.493 e. The van der Waals surface area contributed by atoms with Gasteiger partial charge in [0.25, 0.3) is 0 Å². The Bertz CT molecular complexity index is 1230. The van der Waals surface area contributed by atoms with Crippen molar-refractivity contribution in [3.63, 3.8) is 0 Å². The van der Waals surface area contributed by atoms with Gasteiger partial charge in [-0.05, 0) is 54.5 Å².